The Labute approximate surface area is 143 Å². The minimum absolute atomic E-state index is 0.158. The van der Waals surface area contributed by atoms with Crippen molar-refractivity contribution < 1.29 is 9.90 Å². The molecule has 3 heterocycles. The quantitative estimate of drug-likeness (QED) is 0.773. The zero-order valence-electron chi connectivity index (χ0n) is 13.8. The Hall–Kier alpha value is -3.09. The average molecular weight is 338 g/mol. The highest BCUT2D eigenvalue weighted by molar-refractivity contribution is 5.87. The van der Waals surface area contributed by atoms with Crippen LogP contribution in [0.1, 0.15) is 23.2 Å². The monoisotopic (exact) mass is 338 g/mol. The van der Waals surface area contributed by atoms with E-state index in [4.69, 9.17) is 5.11 Å². The molecule has 128 valence electrons. The van der Waals surface area contributed by atoms with E-state index in [-0.39, 0.29) is 11.1 Å². The Morgan fingerprint density at radius 1 is 1.32 bits per heavy atom. The van der Waals surface area contributed by atoms with Gasteiger partial charge in [0.05, 0.1) is 17.4 Å². The first-order valence-electron chi connectivity index (χ1n) is 8.16. The molecule has 7 nitrogen and oxygen atoms in total. The second-order valence-corrected chi connectivity index (χ2v) is 6.53. The fraction of sp³-hybridized carbons (Fsp3) is 0.278. The maximum atomic E-state index is 12.1. The molecule has 1 fully saturated rings. The van der Waals surface area contributed by atoms with E-state index >= 15 is 0 Å². The number of carboxylic acids is 1. The predicted molar refractivity (Wildman–Crippen MR) is 91.9 cm³/mol. The van der Waals surface area contributed by atoms with Crippen LogP contribution in [0.5, 0.6) is 0 Å². The van der Waals surface area contributed by atoms with Gasteiger partial charge in [0.1, 0.15) is 0 Å². The number of nitrogens with zero attached hydrogens (tertiary/aromatic N) is 4. The number of carboxylic acid groups (broad SMARTS) is 1. The number of hydrogen-bond acceptors (Lipinski definition) is 3. The first-order chi connectivity index (χ1) is 12.0. The Kier molecular flexibility index (Phi) is 3.56. The average Bonchev–Trinajstić information content (AvgIpc) is 3.07. The third-order valence-corrected chi connectivity index (χ3v) is 4.51. The van der Waals surface area contributed by atoms with Crippen molar-refractivity contribution in [2.45, 2.75) is 19.4 Å². The van der Waals surface area contributed by atoms with Gasteiger partial charge in [0, 0.05) is 55.6 Å². The van der Waals surface area contributed by atoms with Gasteiger partial charge < -0.3 is 14.2 Å². The van der Waals surface area contributed by atoms with Gasteiger partial charge in [0.2, 0.25) is 0 Å². The van der Waals surface area contributed by atoms with E-state index in [0.29, 0.717) is 5.69 Å². The fourth-order valence-electron chi connectivity index (χ4n) is 2.90. The molecular weight excluding hydrogens is 320 g/mol. The second-order valence-electron chi connectivity index (χ2n) is 6.53. The molecule has 0 bridgehead atoms. The molecular formula is C18H18N4O3. The Morgan fingerprint density at radius 2 is 2.12 bits per heavy atom. The van der Waals surface area contributed by atoms with Gasteiger partial charge in [-0.25, -0.2) is 4.79 Å². The maximum Gasteiger partial charge on any atom is 0.337 e. The molecule has 0 aliphatic heterocycles. The SMILES string of the molecule is Cn1cc(-c2cnn(CC3CC3)c2)c(-n2ccc(C(=O)O)c2)cc1=O. The largest absolute Gasteiger partial charge is 0.478 e. The molecule has 1 saturated carbocycles. The highest BCUT2D eigenvalue weighted by Gasteiger charge is 2.22. The summed E-state index contributed by atoms with van der Waals surface area (Å²) in [5, 5.41) is 13.5. The van der Waals surface area contributed by atoms with E-state index < -0.39 is 5.97 Å². The van der Waals surface area contributed by atoms with Crippen LogP contribution in [0.2, 0.25) is 0 Å². The number of carbonyl (C=O) groups is 1. The van der Waals surface area contributed by atoms with Crippen LogP contribution in [0.3, 0.4) is 0 Å². The second kappa shape index (κ2) is 5.77. The first kappa shape index (κ1) is 15.4. The van der Waals surface area contributed by atoms with Crippen molar-refractivity contribution >= 4 is 5.97 Å². The summed E-state index contributed by atoms with van der Waals surface area (Å²) in [4.78, 5) is 23.2. The van der Waals surface area contributed by atoms with Crippen molar-refractivity contribution in [3.63, 3.8) is 0 Å². The molecule has 0 saturated heterocycles. The summed E-state index contributed by atoms with van der Waals surface area (Å²) < 4.78 is 5.11. The van der Waals surface area contributed by atoms with Crippen molar-refractivity contribution in [2.75, 3.05) is 0 Å². The zero-order chi connectivity index (χ0) is 17.6. The van der Waals surface area contributed by atoms with Gasteiger partial charge in [0.15, 0.2) is 0 Å². The third-order valence-electron chi connectivity index (χ3n) is 4.51. The molecule has 25 heavy (non-hydrogen) atoms. The maximum absolute atomic E-state index is 12.1. The summed E-state index contributed by atoms with van der Waals surface area (Å²) in [6, 6.07) is 3.03. The number of aromatic carboxylic acids is 1. The van der Waals surface area contributed by atoms with Crippen molar-refractivity contribution in [2.24, 2.45) is 13.0 Å². The summed E-state index contributed by atoms with van der Waals surface area (Å²) in [5.74, 6) is -0.281. The van der Waals surface area contributed by atoms with Crippen LogP contribution in [0.15, 0.2) is 47.9 Å². The molecule has 3 aromatic heterocycles. The Bertz CT molecular complexity index is 1010. The van der Waals surface area contributed by atoms with Crippen molar-refractivity contribution in [3.8, 4) is 16.8 Å². The summed E-state index contributed by atoms with van der Waals surface area (Å²) >= 11 is 0. The first-order valence-corrected chi connectivity index (χ1v) is 8.16. The summed E-state index contributed by atoms with van der Waals surface area (Å²) in [5.41, 5.74) is 2.39. The number of pyridine rings is 1. The number of aromatic nitrogens is 4. The number of aryl methyl sites for hydroxylation is 1. The molecule has 0 atom stereocenters. The molecule has 0 spiro atoms. The minimum atomic E-state index is -0.999. The normalized spacial score (nSPS) is 14.0. The molecule has 0 unspecified atom stereocenters. The van der Waals surface area contributed by atoms with Crippen LogP contribution in [0, 0.1) is 5.92 Å². The lowest BCUT2D eigenvalue weighted by atomic mass is 10.1. The van der Waals surface area contributed by atoms with Crippen molar-refractivity contribution in [1.82, 2.24) is 18.9 Å². The topological polar surface area (TPSA) is 82.1 Å². The van der Waals surface area contributed by atoms with Crippen LogP contribution in [0.4, 0.5) is 0 Å². The van der Waals surface area contributed by atoms with Crippen LogP contribution < -0.4 is 5.56 Å². The lowest BCUT2D eigenvalue weighted by Crippen LogP contribution is -2.17. The zero-order valence-corrected chi connectivity index (χ0v) is 13.8. The van der Waals surface area contributed by atoms with Gasteiger partial charge in [-0.1, -0.05) is 0 Å². The molecule has 7 heteroatoms. The molecule has 3 aromatic rings. The lowest BCUT2D eigenvalue weighted by molar-refractivity contribution is 0.0697. The molecule has 0 amide bonds. The van der Waals surface area contributed by atoms with Gasteiger partial charge >= 0.3 is 5.97 Å². The predicted octanol–water partition coefficient (Wildman–Crippen LogP) is 2.15. The molecule has 1 aliphatic carbocycles. The van der Waals surface area contributed by atoms with Gasteiger partial charge in [-0.2, -0.15) is 5.10 Å². The van der Waals surface area contributed by atoms with Crippen molar-refractivity contribution in [1.29, 1.82) is 0 Å². The van der Waals surface area contributed by atoms with Crippen molar-refractivity contribution in [3.05, 3.63) is 59.0 Å². The number of rotatable bonds is 5. The van der Waals surface area contributed by atoms with Crippen LogP contribution >= 0.6 is 0 Å². The van der Waals surface area contributed by atoms with E-state index in [1.807, 2.05) is 10.9 Å². The highest BCUT2D eigenvalue weighted by Crippen LogP contribution is 2.31. The van der Waals surface area contributed by atoms with Crippen LogP contribution in [-0.4, -0.2) is 30.0 Å². The number of hydrogen-bond donors (Lipinski definition) is 1. The third kappa shape index (κ3) is 3.00. The standard InChI is InChI=1S/C18H18N4O3/c1-20-11-15(14-7-19-22(10-14)8-12-2-3-12)16(6-17(20)23)21-5-4-13(9-21)18(24)25/h4-7,9-12H,2-3,8H2,1H3,(H,24,25). The summed E-state index contributed by atoms with van der Waals surface area (Å²) in [7, 11) is 1.70. The van der Waals surface area contributed by atoms with Gasteiger partial charge in [0.25, 0.3) is 5.56 Å². The molecule has 0 aromatic carbocycles. The van der Waals surface area contributed by atoms with Gasteiger partial charge in [-0.15, -0.1) is 0 Å². The van der Waals surface area contributed by atoms with Crippen LogP contribution in [-0.2, 0) is 13.6 Å². The molecule has 1 N–H and O–H groups in total. The van der Waals surface area contributed by atoms with Gasteiger partial charge in [-0.05, 0) is 24.8 Å². The van der Waals surface area contributed by atoms with E-state index in [1.54, 1.807) is 30.2 Å². The van der Waals surface area contributed by atoms with E-state index in [9.17, 15) is 9.59 Å². The van der Waals surface area contributed by atoms with Gasteiger partial charge in [-0.3, -0.25) is 9.48 Å². The fourth-order valence-corrected chi connectivity index (χ4v) is 2.90. The lowest BCUT2D eigenvalue weighted by Gasteiger charge is -2.11. The van der Waals surface area contributed by atoms with E-state index in [0.717, 1.165) is 23.6 Å². The summed E-state index contributed by atoms with van der Waals surface area (Å²) in [6.07, 6.45) is 11.2. The molecule has 4 rings (SSSR count). The minimum Gasteiger partial charge on any atom is -0.478 e. The van der Waals surface area contributed by atoms with E-state index in [1.165, 1.54) is 35.7 Å². The molecule has 0 radical (unpaired) electrons. The van der Waals surface area contributed by atoms with Crippen LogP contribution in [0.25, 0.3) is 16.8 Å². The molecule has 1 aliphatic rings. The smallest absolute Gasteiger partial charge is 0.337 e. The Balaban J connectivity index is 1.80. The Morgan fingerprint density at radius 3 is 2.80 bits per heavy atom. The highest BCUT2D eigenvalue weighted by atomic mass is 16.4. The van der Waals surface area contributed by atoms with E-state index in [2.05, 4.69) is 5.10 Å². The summed E-state index contributed by atoms with van der Waals surface area (Å²) in [6.45, 7) is 0.910.